The topological polar surface area (TPSA) is 67.3 Å². The highest BCUT2D eigenvalue weighted by Crippen LogP contribution is 2.27. The van der Waals surface area contributed by atoms with E-state index in [-0.39, 0.29) is 11.9 Å². The van der Waals surface area contributed by atoms with Crippen molar-refractivity contribution in [1.29, 1.82) is 0 Å². The third-order valence-corrected chi connectivity index (χ3v) is 3.78. The van der Waals surface area contributed by atoms with E-state index in [0.717, 1.165) is 5.69 Å². The number of benzene rings is 1. The van der Waals surface area contributed by atoms with Crippen LogP contribution >= 0.6 is 11.6 Å². The molecular weight excluding hydrogens is 316 g/mol. The molecule has 1 unspecified atom stereocenters. The lowest BCUT2D eigenvalue weighted by atomic mass is 10.2. The fourth-order valence-corrected chi connectivity index (χ4v) is 2.25. The van der Waals surface area contributed by atoms with Crippen LogP contribution in [-0.2, 0) is 11.3 Å². The van der Waals surface area contributed by atoms with Crippen molar-refractivity contribution in [3.8, 4) is 5.75 Å². The van der Waals surface area contributed by atoms with Crippen molar-refractivity contribution in [2.45, 2.75) is 19.5 Å². The van der Waals surface area contributed by atoms with E-state index in [0.29, 0.717) is 23.0 Å². The number of likely N-dealkylation sites (N-methyl/N-ethyl adjacent to an activating group) is 1. The van der Waals surface area contributed by atoms with Crippen LogP contribution in [0.2, 0.25) is 5.02 Å². The first kappa shape index (κ1) is 17.2. The lowest BCUT2D eigenvalue weighted by Crippen LogP contribution is -2.39. The Balaban J connectivity index is 1.98. The molecule has 1 N–H and O–H groups in total. The molecule has 2 rings (SSSR count). The fraction of sp³-hybridized carbons (Fsp3) is 0.312. The summed E-state index contributed by atoms with van der Waals surface area (Å²) in [5.41, 5.74) is 1.43. The summed E-state index contributed by atoms with van der Waals surface area (Å²) in [6, 6.07) is 4.79. The second kappa shape index (κ2) is 7.89. The Morgan fingerprint density at radius 2 is 2.22 bits per heavy atom. The molecule has 6 nitrogen and oxygen atoms in total. The number of nitrogens with one attached hydrogen (secondary N) is 1. The Labute approximate surface area is 140 Å². The maximum absolute atomic E-state index is 12.3. The van der Waals surface area contributed by atoms with Gasteiger partial charge in [-0.05, 0) is 32.2 Å². The molecule has 0 spiro atoms. The molecule has 1 amide bonds. The van der Waals surface area contributed by atoms with Crippen LogP contribution in [-0.4, -0.2) is 41.0 Å². The van der Waals surface area contributed by atoms with Gasteiger partial charge < -0.3 is 10.1 Å². The van der Waals surface area contributed by atoms with Crippen molar-refractivity contribution in [1.82, 2.24) is 14.9 Å². The van der Waals surface area contributed by atoms with Crippen LogP contribution in [0.5, 0.6) is 5.75 Å². The van der Waals surface area contributed by atoms with Gasteiger partial charge in [0.15, 0.2) is 0 Å². The molecule has 0 saturated heterocycles. The van der Waals surface area contributed by atoms with E-state index in [2.05, 4.69) is 15.3 Å². The highest BCUT2D eigenvalue weighted by Gasteiger charge is 2.19. The van der Waals surface area contributed by atoms with Crippen LogP contribution in [0.3, 0.4) is 0 Å². The summed E-state index contributed by atoms with van der Waals surface area (Å²) in [6.07, 6.45) is 4.94. The summed E-state index contributed by atoms with van der Waals surface area (Å²) in [6.45, 7) is 2.36. The number of hydrogen-bond donors (Lipinski definition) is 1. The number of carbonyl (C=O) groups excluding carboxylic acids is 1. The molecule has 1 aromatic heterocycles. The minimum Gasteiger partial charge on any atom is -0.495 e. The SMILES string of the molecule is COc1ccc(NC(=O)C(C)N(C)Cc2cnccn2)cc1Cl. The van der Waals surface area contributed by atoms with Gasteiger partial charge in [0.25, 0.3) is 0 Å². The molecule has 2 aromatic rings. The Bertz CT molecular complexity index is 666. The smallest absolute Gasteiger partial charge is 0.241 e. The maximum atomic E-state index is 12.3. The summed E-state index contributed by atoms with van der Waals surface area (Å²) in [5.74, 6) is 0.440. The average Bonchev–Trinajstić information content (AvgIpc) is 2.55. The predicted molar refractivity (Wildman–Crippen MR) is 89.6 cm³/mol. The quantitative estimate of drug-likeness (QED) is 0.879. The van der Waals surface area contributed by atoms with Crippen molar-refractivity contribution in [3.05, 3.63) is 47.5 Å². The summed E-state index contributed by atoms with van der Waals surface area (Å²) in [7, 11) is 3.41. The number of ether oxygens (including phenoxy) is 1. The number of hydrogen-bond acceptors (Lipinski definition) is 5. The molecule has 1 aromatic carbocycles. The third-order valence-electron chi connectivity index (χ3n) is 3.49. The summed E-state index contributed by atoms with van der Waals surface area (Å²) >= 11 is 6.06. The van der Waals surface area contributed by atoms with Crippen molar-refractivity contribution < 1.29 is 9.53 Å². The first-order chi connectivity index (χ1) is 11.0. The van der Waals surface area contributed by atoms with Crippen molar-refractivity contribution in [2.75, 3.05) is 19.5 Å². The molecule has 23 heavy (non-hydrogen) atoms. The predicted octanol–water partition coefficient (Wildman–Crippen LogP) is 2.60. The zero-order valence-corrected chi connectivity index (χ0v) is 14.0. The minimum absolute atomic E-state index is 0.127. The maximum Gasteiger partial charge on any atom is 0.241 e. The molecule has 1 atom stereocenters. The second-order valence-corrected chi connectivity index (χ2v) is 5.53. The summed E-state index contributed by atoms with van der Waals surface area (Å²) in [4.78, 5) is 22.5. The Hall–Kier alpha value is -2.18. The van der Waals surface area contributed by atoms with Gasteiger partial charge in [-0.1, -0.05) is 11.6 Å². The van der Waals surface area contributed by atoms with Crippen LogP contribution in [0.15, 0.2) is 36.8 Å². The highest BCUT2D eigenvalue weighted by molar-refractivity contribution is 6.32. The lowest BCUT2D eigenvalue weighted by molar-refractivity contribution is -0.120. The highest BCUT2D eigenvalue weighted by atomic mass is 35.5. The Morgan fingerprint density at radius 1 is 1.43 bits per heavy atom. The van der Waals surface area contributed by atoms with Gasteiger partial charge >= 0.3 is 0 Å². The molecular formula is C16H19ClN4O2. The van der Waals surface area contributed by atoms with Crippen LogP contribution in [0.1, 0.15) is 12.6 Å². The Morgan fingerprint density at radius 3 is 2.83 bits per heavy atom. The van der Waals surface area contributed by atoms with E-state index < -0.39 is 0 Å². The molecule has 0 aliphatic rings. The first-order valence-electron chi connectivity index (χ1n) is 7.10. The van der Waals surface area contributed by atoms with E-state index in [1.54, 1.807) is 43.9 Å². The van der Waals surface area contributed by atoms with E-state index in [1.165, 1.54) is 0 Å². The van der Waals surface area contributed by atoms with Gasteiger partial charge in [0.2, 0.25) is 5.91 Å². The van der Waals surface area contributed by atoms with Gasteiger partial charge in [0.1, 0.15) is 5.75 Å². The number of amides is 1. The molecule has 7 heteroatoms. The van der Waals surface area contributed by atoms with Crippen LogP contribution in [0.4, 0.5) is 5.69 Å². The number of carbonyl (C=O) groups is 1. The van der Waals surface area contributed by atoms with Crippen molar-refractivity contribution in [3.63, 3.8) is 0 Å². The Kier molecular flexibility index (Phi) is 5.90. The molecule has 0 fully saturated rings. The van der Waals surface area contributed by atoms with Crippen molar-refractivity contribution >= 4 is 23.2 Å². The van der Waals surface area contributed by atoms with Gasteiger partial charge in [-0.3, -0.25) is 19.7 Å². The van der Waals surface area contributed by atoms with Gasteiger partial charge in [0, 0.05) is 30.8 Å². The van der Waals surface area contributed by atoms with Gasteiger partial charge in [-0.25, -0.2) is 0 Å². The third kappa shape index (κ3) is 4.64. The standard InChI is InChI=1S/C16H19ClN4O2/c1-11(21(2)10-13-9-18-6-7-19-13)16(22)20-12-4-5-15(23-3)14(17)8-12/h4-9,11H,10H2,1-3H3,(H,20,22). The van der Waals surface area contributed by atoms with E-state index >= 15 is 0 Å². The number of anilines is 1. The largest absolute Gasteiger partial charge is 0.495 e. The van der Waals surface area contributed by atoms with E-state index in [9.17, 15) is 4.79 Å². The monoisotopic (exact) mass is 334 g/mol. The molecule has 0 aliphatic carbocycles. The normalized spacial score (nSPS) is 12.0. The van der Waals surface area contributed by atoms with Gasteiger partial charge in [0.05, 0.1) is 23.9 Å². The number of rotatable bonds is 6. The molecule has 0 bridgehead atoms. The average molecular weight is 335 g/mol. The second-order valence-electron chi connectivity index (χ2n) is 5.13. The van der Waals surface area contributed by atoms with Gasteiger partial charge in [-0.15, -0.1) is 0 Å². The van der Waals surface area contributed by atoms with Crippen LogP contribution < -0.4 is 10.1 Å². The number of nitrogens with zero attached hydrogens (tertiary/aromatic N) is 3. The minimum atomic E-state index is -0.335. The molecule has 122 valence electrons. The zero-order valence-electron chi connectivity index (χ0n) is 13.3. The fourth-order valence-electron chi connectivity index (χ4n) is 2.00. The number of methoxy groups -OCH3 is 1. The van der Waals surface area contributed by atoms with E-state index in [1.807, 2.05) is 18.9 Å². The summed E-state index contributed by atoms with van der Waals surface area (Å²) in [5, 5.41) is 3.29. The molecule has 0 saturated carbocycles. The van der Waals surface area contributed by atoms with Crippen molar-refractivity contribution in [2.24, 2.45) is 0 Å². The van der Waals surface area contributed by atoms with Crippen LogP contribution in [0, 0.1) is 0 Å². The first-order valence-corrected chi connectivity index (χ1v) is 7.48. The molecule has 0 aliphatic heterocycles. The number of aromatic nitrogens is 2. The van der Waals surface area contributed by atoms with Crippen LogP contribution in [0.25, 0.3) is 0 Å². The number of halogens is 1. The summed E-state index contributed by atoms with van der Waals surface area (Å²) < 4.78 is 5.09. The lowest BCUT2D eigenvalue weighted by Gasteiger charge is -2.23. The van der Waals surface area contributed by atoms with Gasteiger partial charge in [-0.2, -0.15) is 0 Å². The van der Waals surface area contributed by atoms with E-state index in [4.69, 9.17) is 16.3 Å². The molecule has 0 radical (unpaired) electrons. The molecule has 1 heterocycles. The zero-order chi connectivity index (χ0) is 16.8.